The van der Waals surface area contributed by atoms with Crippen molar-refractivity contribution in [1.82, 2.24) is 4.98 Å². The van der Waals surface area contributed by atoms with Crippen molar-refractivity contribution >= 4 is 43.8 Å². The number of benzene rings is 1. The van der Waals surface area contributed by atoms with Crippen LogP contribution in [0.1, 0.15) is 46.3 Å². The first-order chi connectivity index (χ1) is 13.7. The molecule has 1 unspecified atom stereocenters. The fraction of sp³-hybridized carbons (Fsp3) is 0.381. The van der Waals surface area contributed by atoms with Gasteiger partial charge in [0.05, 0.1) is 22.3 Å². The molecule has 142 valence electrons. The average molecular weight is 410 g/mol. The van der Waals surface area contributed by atoms with E-state index >= 15 is 0 Å². The lowest BCUT2D eigenvalue weighted by molar-refractivity contribution is -0.910. The van der Waals surface area contributed by atoms with E-state index in [1.54, 1.807) is 22.7 Å². The normalized spacial score (nSPS) is 21.0. The van der Waals surface area contributed by atoms with Gasteiger partial charge in [0.25, 0.3) is 5.91 Å². The monoisotopic (exact) mass is 409 g/mol. The zero-order valence-corrected chi connectivity index (χ0v) is 17.1. The molecular formula is C21H21N4OS2+. The molecule has 0 spiro atoms. The fourth-order valence-electron chi connectivity index (χ4n) is 4.45. The highest BCUT2D eigenvalue weighted by atomic mass is 32.1. The first kappa shape index (κ1) is 17.8. The van der Waals surface area contributed by atoms with Crippen molar-refractivity contribution in [3.05, 3.63) is 45.3 Å². The third-order valence-electron chi connectivity index (χ3n) is 5.77. The number of nitrogens with one attached hydrogen (secondary N) is 2. The van der Waals surface area contributed by atoms with E-state index in [2.05, 4.69) is 23.5 Å². The van der Waals surface area contributed by atoms with Gasteiger partial charge in [-0.3, -0.25) is 4.79 Å². The quantitative estimate of drug-likeness (QED) is 0.696. The van der Waals surface area contributed by atoms with E-state index in [1.165, 1.54) is 14.5 Å². The van der Waals surface area contributed by atoms with Crippen LogP contribution in [0.25, 0.3) is 10.2 Å². The molecule has 5 rings (SSSR count). The van der Waals surface area contributed by atoms with Crippen LogP contribution in [0.2, 0.25) is 0 Å². The Kier molecular flexibility index (Phi) is 4.63. The van der Waals surface area contributed by atoms with Crippen molar-refractivity contribution < 1.29 is 9.69 Å². The van der Waals surface area contributed by atoms with E-state index in [-0.39, 0.29) is 11.9 Å². The number of carbonyl (C=O) groups is 1. The van der Waals surface area contributed by atoms with Crippen LogP contribution in [0.5, 0.6) is 0 Å². The van der Waals surface area contributed by atoms with Crippen LogP contribution < -0.4 is 10.2 Å². The lowest BCUT2D eigenvalue weighted by Gasteiger charge is -2.19. The van der Waals surface area contributed by atoms with Gasteiger partial charge in [-0.15, -0.1) is 22.7 Å². The second-order valence-electron chi connectivity index (χ2n) is 7.52. The zero-order chi connectivity index (χ0) is 19.1. The molecule has 5 nitrogen and oxygen atoms in total. The lowest BCUT2D eigenvalue weighted by Crippen LogP contribution is -3.11. The number of thiazole rings is 1. The van der Waals surface area contributed by atoms with Gasteiger partial charge in [0.2, 0.25) is 0 Å². The summed E-state index contributed by atoms with van der Waals surface area (Å²) in [6, 6.07) is 10.8. The number of hydrogen-bond acceptors (Lipinski definition) is 5. The van der Waals surface area contributed by atoms with Gasteiger partial charge in [0.1, 0.15) is 17.1 Å². The number of nitriles is 1. The van der Waals surface area contributed by atoms with E-state index in [0.29, 0.717) is 12.1 Å². The van der Waals surface area contributed by atoms with E-state index in [1.807, 2.05) is 12.1 Å². The predicted molar refractivity (Wildman–Crippen MR) is 112 cm³/mol. The summed E-state index contributed by atoms with van der Waals surface area (Å²) in [5.41, 5.74) is 2.89. The Labute approximate surface area is 171 Å². The van der Waals surface area contributed by atoms with Crippen molar-refractivity contribution in [2.75, 3.05) is 18.4 Å². The Morgan fingerprint density at radius 2 is 2.18 bits per heavy atom. The van der Waals surface area contributed by atoms with Crippen LogP contribution in [0, 0.1) is 11.3 Å². The number of aromatic nitrogens is 1. The van der Waals surface area contributed by atoms with Crippen molar-refractivity contribution in [3.8, 4) is 6.07 Å². The van der Waals surface area contributed by atoms with Crippen LogP contribution in [-0.4, -0.2) is 24.0 Å². The zero-order valence-electron chi connectivity index (χ0n) is 15.5. The second-order valence-corrected chi connectivity index (χ2v) is 9.69. The third-order valence-corrected chi connectivity index (χ3v) is 8.12. The Bertz CT molecular complexity index is 1060. The van der Waals surface area contributed by atoms with Gasteiger partial charge in [0.15, 0.2) is 11.6 Å². The highest BCUT2D eigenvalue weighted by Crippen LogP contribution is 2.38. The number of carbonyl (C=O) groups excluding carboxylic acids is 1. The number of quaternary nitrogens is 1. The molecular weight excluding hydrogens is 388 g/mol. The van der Waals surface area contributed by atoms with Crippen LogP contribution >= 0.6 is 22.7 Å². The number of para-hydroxylation sites is 1. The molecule has 0 bridgehead atoms. The van der Waals surface area contributed by atoms with Gasteiger partial charge >= 0.3 is 0 Å². The summed E-state index contributed by atoms with van der Waals surface area (Å²) in [5, 5.41) is 14.4. The molecule has 0 radical (unpaired) electrons. The van der Waals surface area contributed by atoms with Gasteiger partial charge in [-0.25, -0.2) is 4.98 Å². The number of likely N-dealkylation sites (tertiary alicyclic amines) is 1. The summed E-state index contributed by atoms with van der Waals surface area (Å²) < 4.78 is 1.21. The van der Waals surface area contributed by atoms with Gasteiger partial charge in [-0.1, -0.05) is 12.1 Å². The Balaban J connectivity index is 1.31. The number of rotatable bonds is 4. The van der Waals surface area contributed by atoms with E-state index < -0.39 is 0 Å². The average Bonchev–Trinajstić information content (AvgIpc) is 3.44. The summed E-state index contributed by atoms with van der Waals surface area (Å²) in [6.07, 6.45) is 5.29. The molecule has 1 saturated heterocycles. The Morgan fingerprint density at radius 1 is 1.29 bits per heavy atom. The van der Waals surface area contributed by atoms with Crippen molar-refractivity contribution in [2.24, 2.45) is 0 Å². The van der Waals surface area contributed by atoms with Crippen LogP contribution in [0.3, 0.4) is 0 Å². The summed E-state index contributed by atoms with van der Waals surface area (Å²) in [5.74, 6) is -0.000524. The number of thiophene rings is 1. The van der Waals surface area contributed by atoms with Crippen LogP contribution in [0.4, 0.5) is 5.00 Å². The molecule has 28 heavy (non-hydrogen) atoms. The van der Waals surface area contributed by atoms with Crippen LogP contribution in [0.15, 0.2) is 24.3 Å². The molecule has 1 fully saturated rings. The third kappa shape index (κ3) is 3.12. The highest BCUT2D eigenvalue weighted by Gasteiger charge is 2.34. The molecule has 2 atom stereocenters. The maximum absolute atomic E-state index is 12.8. The number of nitrogens with zero attached hydrogens (tertiary/aromatic N) is 2. The standard InChI is InChI=1S/C21H20N4OS2/c22-11-14-13-5-3-9-17(13)27-20(14)24-19(26)12-25-10-4-7-16(25)21-23-15-6-1-2-8-18(15)28-21/h1-2,6,8,16H,3-5,7,9-10,12H2,(H,24,26)/p+1/t16-/m1/s1. The first-order valence-electron chi connectivity index (χ1n) is 9.77. The molecule has 1 aliphatic carbocycles. The summed E-state index contributed by atoms with van der Waals surface area (Å²) in [7, 11) is 0. The topological polar surface area (TPSA) is 70.2 Å². The molecule has 3 heterocycles. The molecule has 0 saturated carbocycles. The van der Waals surface area contributed by atoms with Gasteiger partial charge in [0, 0.05) is 17.7 Å². The molecule has 1 aliphatic heterocycles. The summed E-state index contributed by atoms with van der Waals surface area (Å²) in [6.45, 7) is 1.41. The molecule has 3 aromatic rings. The lowest BCUT2D eigenvalue weighted by atomic mass is 10.1. The number of fused-ring (bicyclic) bond motifs is 2. The maximum atomic E-state index is 12.8. The van der Waals surface area contributed by atoms with Gasteiger partial charge in [-0.05, 0) is 37.0 Å². The van der Waals surface area contributed by atoms with Crippen molar-refractivity contribution in [2.45, 2.75) is 38.1 Å². The Hall–Kier alpha value is -2.27. The minimum Gasteiger partial charge on any atom is -0.319 e. The van der Waals surface area contributed by atoms with Crippen molar-refractivity contribution in [1.29, 1.82) is 5.26 Å². The number of hydrogen-bond donors (Lipinski definition) is 2. The molecule has 1 aromatic carbocycles. The van der Waals surface area contributed by atoms with Crippen LogP contribution in [-0.2, 0) is 17.6 Å². The van der Waals surface area contributed by atoms with Gasteiger partial charge in [-0.2, -0.15) is 5.26 Å². The first-order valence-corrected chi connectivity index (χ1v) is 11.4. The minimum atomic E-state index is -0.000524. The number of aryl methyl sites for hydroxylation is 1. The SMILES string of the molecule is N#Cc1c(NC(=O)C[NH+]2CCC[C@@H]2c2nc3ccccc3s2)sc2c1CCC2. The number of amides is 1. The molecule has 2 aliphatic rings. The van der Waals surface area contributed by atoms with Gasteiger partial charge < -0.3 is 10.2 Å². The number of anilines is 1. The maximum Gasteiger partial charge on any atom is 0.280 e. The van der Waals surface area contributed by atoms with E-state index in [4.69, 9.17) is 4.98 Å². The molecule has 2 aromatic heterocycles. The fourth-order valence-corrected chi connectivity index (χ4v) is 6.86. The molecule has 7 heteroatoms. The summed E-state index contributed by atoms with van der Waals surface area (Å²) in [4.78, 5) is 20.1. The van der Waals surface area contributed by atoms with E-state index in [0.717, 1.165) is 59.7 Å². The Morgan fingerprint density at radius 3 is 3.04 bits per heavy atom. The highest BCUT2D eigenvalue weighted by molar-refractivity contribution is 7.18. The smallest absolute Gasteiger partial charge is 0.280 e. The van der Waals surface area contributed by atoms with Crippen molar-refractivity contribution in [3.63, 3.8) is 0 Å². The predicted octanol–water partition coefficient (Wildman–Crippen LogP) is 3.08. The summed E-state index contributed by atoms with van der Waals surface area (Å²) >= 11 is 3.33. The molecule has 1 amide bonds. The second kappa shape index (κ2) is 7.28. The van der Waals surface area contributed by atoms with E-state index in [9.17, 15) is 10.1 Å². The molecule has 2 N–H and O–H groups in total. The minimum absolute atomic E-state index is 0.000524. The largest absolute Gasteiger partial charge is 0.319 e.